The normalized spacial score (nSPS) is 17.5. The van der Waals surface area contributed by atoms with E-state index in [1.807, 2.05) is 26.0 Å². The lowest BCUT2D eigenvalue weighted by molar-refractivity contribution is -0.137. The fraction of sp³-hybridized carbons (Fsp3) is 0.500. The first-order valence-corrected chi connectivity index (χ1v) is 10.0. The molecule has 0 radical (unpaired) electrons. The lowest BCUT2D eigenvalue weighted by atomic mass is 9.99. The summed E-state index contributed by atoms with van der Waals surface area (Å²) in [6.07, 6.45) is 0.453. The van der Waals surface area contributed by atoms with Crippen molar-refractivity contribution in [3.63, 3.8) is 0 Å². The van der Waals surface area contributed by atoms with Crippen molar-refractivity contribution in [1.82, 2.24) is 9.88 Å². The number of alkyl halides is 3. The molecule has 1 aromatic heterocycles. The van der Waals surface area contributed by atoms with Crippen molar-refractivity contribution in [1.29, 1.82) is 0 Å². The molecule has 0 bridgehead atoms. The number of aromatic nitrogens is 1. The van der Waals surface area contributed by atoms with Gasteiger partial charge in [0.2, 0.25) is 0 Å². The summed E-state index contributed by atoms with van der Waals surface area (Å²) in [5.41, 5.74) is 0.949. The van der Waals surface area contributed by atoms with Crippen molar-refractivity contribution in [2.24, 2.45) is 5.92 Å². The maximum atomic E-state index is 13.0. The van der Waals surface area contributed by atoms with Crippen LogP contribution in [0.2, 0.25) is 0 Å². The fourth-order valence-corrected chi connectivity index (χ4v) is 3.71. The molecule has 29 heavy (non-hydrogen) atoms. The van der Waals surface area contributed by atoms with Crippen LogP contribution >= 0.6 is 0 Å². The fourth-order valence-electron chi connectivity index (χ4n) is 3.71. The van der Waals surface area contributed by atoms with Crippen LogP contribution in [0.3, 0.4) is 0 Å². The third-order valence-corrected chi connectivity index (χ3v) is 5.53. The predicted octanol–water partition coefficient (Wildman–Crippen LogP) is 4.72. The van der Waals surface area contributed by atoms with Gasteiger partial charge in [0.05, 0.1) is 23.6 Å². The van der Waals surface area contributed by atoms with Gasteiger partial charge in [0.15, 0.2) is 0 Å². The molecule has 1 aliphatic heterocycles. The van der Waals surface area contributed by atoms with Crippen LogP contribution in [0.25, 0.3) is 0 Å². The molecule has 1 fully saturated rings. The second kappa shape index (κ2) is 9.13. The molecule has 0 spiro atoms. The summed E-state index contributed by atoms with van der Waals surface area (Å²) in [7, 11) is 0. The summed E-state index contributed by atoms with van der Waals surface area (Å²) < 4.78 is 38.9. The molecule has 1 saturated heterocycles. The van der Waals surface area contributed by atoms with Gasteiger partial charge < -0.3 is 14.9 Å². The van der Waals surface area contributed by atoms with E-state index in [4.69, 9.17) is 0 Å². The second-order valence-corrected chi connectivity index (χ2v) is 7.97. The highest BCUT2D eigenvalue weighted by molar-refractivity contribution is 5.63. The minimum atomic E-state index is -4.35. The van der Waals surface area contributed by atoms with E-state index in [1.54, 1.807) is 12.4 Å². The van der Waals surface area contributed by atoms with Crippen molar-refractivity contribution in [2.75, 3.05) is 24.5 Å². The number of halogens is 3. The van der Waals surface area contributed by atoms with Gasteiger partial charge in [-0.2, -0.15) is 13.2 Å². The molecule has 1 unspecified atom stereocenters. The quantitative estimate of drug-likeness (QED) is 0.752. The number of likely N-dealkylation sites (tertiary alicyclic amines) is 1. The van der Waals surface area contributed by atoms with Gasteiger partial charge in [0, 0.05) is 37.6 Å². The minimum Gasteiger partial charge on any atom is -0.392 e. The van der Waals surface area contributed by atoms with Crippen molar-refractivity contribution >= 4 is 11.4 Å². The number of anilines is 2. The maximum Gasteiger partial charge on any atom is 0.416 e. The number of nitrogens with zero attached hydrogens (tertiary/aromatic N) is 3. The Kier molecular flexibility index (Phi) is 6.80. The Morgan fingerprint density at radius 1 is 1.10 bits per heavy atom. The van der Waals surface area contributed by atoms with Crippen LogP contribution in [0.5, 0.6) is 0 Å². The Balaban J connectivity index is 1.78. The van der Waals surface area contributed by atoms with Crippen LogP contribution < -0.4 is 4.90 Å². The highest BCUT2D eigenvalue weighted by Crippen LogP contribution is 2.35. The van der Waals surface area contributed by atoms with Gasteiger partial charge in [0.25, 0.3) is 0 Å². The molecule has 2 aromatic rings. The monoisotopic (exact) mass is 407 g/mol. The van der Waals surface area contributed by atoms with E-state index in [-0.39, 0.29) is 18.1 Å². The Labute approximate surface area is 170 Å². The van der Waals surface area contributed by atoms with Crippen LogP contribution in [0.1, 0.15) is 32.3 Å². The number of hydrogen-bond donors (Lipinski definition) is 1. The van der Waals surface area contributed by atoms with Gasteiger partial charge in [-0.15, -0.1) is 0 Å². The van der Waals surface area contributed by atoms with Gasteiger partial charge in [0.1, 0.15) is 0 Å². The number of β-amino-alcohol motifs (C(OH)–C–C–N with tert-alkyl or cyclic N) is 1. The van der Waals surface area contributed by atoms with E-state index in [2.05, 4.69) is 14.8 Å². The molecule has 2 heterocycles. The third-order valence-electron chi connectivity index (χ3n) is 5.53. The second-order valence-electron chi connectivity index (χ2n) is 7.97. The molecule has 4 nitrogen and oxygen atoms in total. The zero-order valence-electron chi connectivity index (χ0n) is 16.8. The summed E-state index contributed by atoms with van der Waals surface area (Å²) in [5.74, 6) is 0.215. The average Bonchev–Trinajstić information content (AvgIpc) is 2.70. The third kappa shape index (κ3) is 5.48. The number of pyridine rings is 1. The Morgan fingerprint density at radius 2 is 1.76 bits per heavy atom. The summed E-state index contributed by atoms with van der Waals surface area (Å²) in [6, 6.07) is 9.25. The average molecular weight is 407 g/mol. The SMILES string of the molecule is CC(C)C(O)CN1CCC(N(c2ccc(C(F)(F)F)cc2)c2cccnc2)CC1. The van der Waals surface area contributed by atoms with Crippen LogP contribution in [-0.4, -0.2) is 46.8 Å². The molecule has 1 atom stereocenters. The zero-order chi connectivity index (χ0) is 21.0. The van der Waals surface area contributed by atoms with Gasteiger partial charge in [-0.05, 0) is 55.2 Å². The van der Waals surface area contributed by atoms with Gasteiger partial charge in [-0.1, -0.05) is 13.8 Å². The van der Waals surface area contributed by atoms with E-state index in [0.29, 0.717) is 6.54 Å². The van der Waals surface area contributed by atoms with E-state index in [0.717, 1.165) is 49.4 Å². The predicted molar refractivity (Wildman–Crippen MR) is 108 cm³/mol. The lowest BCUT2D eigenvalue weighted by Gasteiger charge is -2.40. The summed E-state index contributed by atoms with van der Waals surface area (Å²) in [5, 5.41) is 10.1. The zero-order valence-corrected chi connectivity index (χ0v) is 16.8. The number of aliphatic hydroxyl groups excluding tert-OH is 1. The van der Waals surface area contributed by atoms with Crippen molar-refractivity contribution in [2.45, 2.75) is 45.0 Å². The number of hydrogen-bond acceptors (Lipinski definition) is 4. The number of aliphatic hydroxyl groups is 1. The smallest absolute Gasteiger partial charge is 0.392 e. The Hall–Kier alpha value is -2.12. The van der Waals surface area contributed by atoms with Crippen LogP contribution in [-0.2, 0) is 6.18 Å². The van der Waals surface area contributed by atoms with E-state index >= 15 is 0 Å². The number of benzene rings is 1. The van der Waals surface area contributed by atoms with E-state index in [1.165, 1.54) is 12.1 Å². The molecular weight excluding hydrogens is 379 g/mol. The lowest BCUT2D eigenvalue weighted by Crippen LogP contribution is -2.46. The molecule has 0 saturated carbocycles. The molecular formula is C22H28F3N3O. The standard InChI is InChI=1S/C22H28F3N3O/c1-16(2)21(29)15-27-12-9-19(10-13-27)28(20-4-3-11-26-14-20)18-7-5-17(6-8-18)22(23,24)25/h3-8,11,14,16,19,21,29H,9-10,12-13,15H2,1-2H3. The molecule has 158 valence electrons. The minimum absolute atomic E-state index is 0.156. The van der Waals surface area contributed by atoms with Crippen molar-refractivity contribution < 1.29 is 18.3 Å². The maximum absolute atomic E-state index is 13.0. The van der Waals surface area contributed by atoms with Gasteiger partial charge in [-0.3, -0.25) is 4.98 Å². The van der Waals surface area contributed by atoms with E-state index in [9.17, 15) is 18.3 Å². The molecule has 1 aromatic carbocycles. The van der Waals surface area contributed by atoms with Crippen molar-refractivity contribution in [3.05, 3.63) is 54.4 Å². The van der Waals surface area contributed by atoms with Gasteiger partial charge in [-0.25, -0.2) is 0 Å². The number of rotatable bonds is 6. The van der Waals surface area contributed by atoms with Gasteiger partial charge >= 0.3 is 6.18 Å². The molecule has 0 aliphatic carbocycles. The largest absolute Gasteiger partial charge is 0.416 e. The molecule has 3 rings (SSSR count). The molecule has 1 N–H and O–H groups in total. The first kappa shape index (κ1) is 21.6. The van der Waals surface area contributed by atoms with Crippen molar-refractivity contribution in [3.8, 4) is 0 Å². The van der Waals surface area contributed by atoms with E-state index < -0.39 is 11.7 Å². The Morgan fingerprint density at radius 3 is 2.28 bits per heavy atom. The summed E-state index contributed by atoms with van der Waals surface area (Å²) >= 11 is 0. The summed E-state index contributed by atoms with van der Waals surface area (Å²) in [6.45, 7) is 6.34. The molecule has 1 aliphatic rings. The molecule has 7 heteroatoms. The molecule has 0 amide bonds. The van der Waals surface area contributed by atoms with Crippen LogP contribution in [0.15, 0.2) is 48.8 Å². The van der Waals surface area contributed by atoms with Crippen LogP contribution in [0, 0.1) is 5.92 Å². The van der Waals surface area contributed by atoms with Crippen LogP contribution in [0.4, 0.5) is 24.5 Å². The highest BCUT2D eigenvalue weighted by atomic mass is 19.4. The summed E-state index contributed by atoms with van der Waals surface area (Å²) in [4.78, 5) is 8.54. The highest BCUT2D eigenvalue weighted by Gasteiger charge is 2.31. The first-order valence-electron chi connectivity index (χ1n) is 10.0. The topological polar surface area (TPSA) is 39.6 Å². The number of piperidine rings is 1. The first-order chi connectivity index (χ1) is 13.8. The Bertz CT molecular complexity index is 757.